The first-order valence-corrected chi connectivity index (χ1v) is 8.16. The van der Waals surface area contributed by atoms with Crippen molar-refractivity contribution >= 4 is 23.2 Å². The average molecular weight is 348 g/mol. The van der Waals surface area contributed by atoms with E-state index in [1.807, 2.05) is 6.92 Å². The molecule has 0 unspecified atom stereocenters. The number of amides is 1. The molecule has 1 atom stereocenters. The van der Waals surface area contributed by atoms with Gasteiger partial charge < -0.3 is 19.5 Å². The lowest BCUT2D eigenvalue weighted by Gasteiger charge is -2.20. The van der Waals surface area contributed by atoms with E-state index < -0.39 is 6.10 Å². The molecule has 1 N–H and O–H groups in total. The largest absolute Gasteiger partial charge is 0.486 e. The summed E-state index contributed by atoms with van der Waals surface area (Å²) in [5, 5.41) is 3.47. The fraction of sp³-hybridized carbons (Fsp3) is 0.278. The molecule has 0 bridgehead atoms. The molecule has 3 rings (SSSR count). The van der Waals surface area contributed by atoms with Crippen LogP contribution in [0.1, 0.15) is 13.3 Å². The molecule has 6 heteroatoms. The molecule has 1 aliphatic heterocycles. The van der Waals surface area contributed by atoms with Crippen LogP contribution in [0, 0.1) is 0 Å². The zero-order chi connectivity index (χ0) is 16.9. The molecule has 24 heavy (non-hydrogen) atoms. The highest BCUT2D eigenvalue weighted by Crippen LogP contribution is 2.32. The van der Waals surface area contributed by atoms with Crippen LogP contribution in [0.4, 0.5) is 5.69 Å². The maximum atomic E-state index is 12.4. The molecule has 5 nitrogen and oxygen atoms in total. The van der Waals surface area contributed by atoms with E-state index in [1.54, 1.807) is 42.5 Å². The first kappa shape index (κ1) is 16.5. The van der Waals surface area contributed by atoms with E-state index in [0.717, 1.165) is 0 Å². The number of carbonyl (C=O) groups is 1. The quantitative estimate of drug-likeness (QED) is 0.891. The Morgan fingerprint density at radius 1 is 1.17 bits per heavy atom. The van der Waals surface area contributed by atoms with Gasteiger partial charge in [-0.15, -0.1) is 0 Å². The Morgan fingerprint density at radius 3 is 2.58 bits per heavy atom. The van der Waals surface area contributed by atoms with Crippen LogP contribution >= 0.6 is 11.6 Å². The Bertz CT molecular complexity index is 717. The Balaban J connectivity index is 1.67. The number of carbonyl (C=O) groups excluding carboxylic acids is 1. The Kier molecular flexibility index (Phi) is 5.11. The lowest BCUT2D eigenvalue weighted by atomic mass is 10.2. The fourth-order valence-electron chi connectivity index (χ4n) is 2.34. The molecular formula is C18H18ClNO4. The number of nitrogens with one attached hydrogen (secondary N) is 1. The molecule has 126 valence electrons. The van der Waals surface area contributed by atoms with Gasteiger partial charge in [0.2, 0.25) is 0 Å². The standard InChI is InChI=1S/C18H18ClNO4/c1-2-15(24-14-6-3-12(19)4-7-14)18(21)20-13-5-8-16-17(11-13)23-10-9-22-16/h3-8,11,15H,2,9-10H2,1H3,(H,20,21)/t15-/m1/s1. The molecule has 1 aliphatic rings. The minimum atomic E-state index is -0.598. The van der Waals surface area contributed by atoms with Crippen LogP contribution < -0.4 is 19.5 Å². The number of benzene rings is 2. The Hall–Kier alpha value is -2.40. The van der Waals surface area contributed by atoms with Crippen LogP contribution in [0.2, 0.25) is 5.02 Å². The van der Waals surface area contributed by atoms with Crippen LogP contribution in [-0.2, 0) is 4.79 Å². The van der Waals surface area contributed by atoms with Crippen LogP contribution in [0.3, 0.4) is 0 Å². The van der Waals surface area contributed by atoms with Crippen molar-refractivity contribution in [3.63, 3.8) is 0 Å². The number of rotatable bonds is 5. The summed E-state index contributed by atoms with van der Waals surface area (Å²) in [6, 6.07) is 12.2. The van der Waals surface area contributed by atoms with Crippen molar-refractivity contribution in [1.29, 1.82) is 0 Å². The molecule has 0 radical (unpaired) electrons. The first-order chi connectivity index (χ1) is 11.7. The number of hydrogen-bond donors (Lipinski definition) is 1. The topological polar surface area (TPSA) is 56.8 Å². The number of halogens is 1. The summed E-state index contributed by atoms with van der Waals surface area (Å²) < 4.78 is 16.7. The van der Waals surface area contributed by atoms with Crippen molar-refractivity contribution in [1.82, 2.24) is 0 Å². The molecule has 2 aromatic rings. The highest BCUT2D eigenvalue weighted by atomic mass is 35.5. The van der Waals surface area contributed by atoms with Gasteiger partial charge in [0.25, 0.3) is 5.91 Å². The molecule has 1 heterocycles. The predicted octanol–water partition coefficient (Wildman–Crippen LogP) is 3.91. The summed E-state index contributed by atoms with van der Waals surface area (Å²) in [5.74, 6) is 1.70. The van der Waals surface area contributed by atoms with Gasteiger partial charge in [0.05, 0.1) is 0 Å². The zero-order valence-corrected chi connectivity index (χ0v) is 14.0. The third kappa shape index (κ3) is 3.92. The van der Waals surface area contributed by atoms with Crippen molar-refractivity contribution in [3.8, 4) is 17.2 Å². The molecular weight excluding hydrogens is 330 g/mol. The number of ether oxygens (including phenoxy) is 3. The fourth-order valence-corrected chi connectivity index (χ4v) is 2.47. The van der Waals surface area contributed by atoms with Crippen molar-refractivity contribution in [2.45, 2.75) is 19.4 Å². The van der Waals surface area contributed by atoms with Crippen molar-refractivity contribution < 1.29 is 19.0 Å². The maximum absolute atomic E-state index is 12.4. The molecule has 0 aliphatic carbocycles. The van der Waals surface area contributed by atoms with Crippen molar-refractivity contribution in [2.75, 3.05) is 18.5 Å². The van der Waals surface area contributed by atoms with Crippen LogP contribution in [0.25, 0.3) is 0 Å². The zero-order valence-electron chi connectivity index (χ0n) is 13.3. The molecule has 2 aromatic carbocycles. The van der Waals surface area contributed by atoms with Gasteiger partial charge in [-0.1, -0.05) is 18.5 Å². The minimum Gasteiger partial charge on any atom is -0.486 e. The maximum Gasteiger partial charge on any atom is 0.265 e. The number of hydrogen-bond acceptors (Lipinski definition) is 4. The highest BCUT2D eigenvalue weighted by Gasteiger charge is 2.20. The second kappa shape index (κ2) is 7.45. The molecule has 0 fully saturated rings. The van der Waals surface area contributed by atoms with Crippen molar-refractivity contribution in [2.24, 2.45) is 0 Å². The van der Waals surface area contributed by atoms with E-state index in [2.05, 4.69) is 5.32 Å². The van der Waals surface area contributed by atoms with E-state index >= 15 is 0 Å². The summed E-state index contributed by atoms with van der Waals surface area (Å²) in [6.07, 6.45) is -0.0571. The second-order valence-electron chi connectivity index (χ2n) is 5.32. The van der Waals surface area contributed by atoms with E-state index in [4.69, 9.17) is 25.8 Å². The van der Waals surface area contributed by atoms with Crippen molar-refractivity contribution in [3.05, 3.63) is 47.5 Å². The molecule has 0 spiro atoms. The lowest BCUT2D eigenvalue weighted by molar-refractivity contribution is -0.122. The smallest absolute Gasteiger partial charge is 0.265 e. The van der Waals surface area contributed by atoms with E-state index in [0.29, 0.717) is 47.6 Å². The average Bonchev–Trinajstić information content (AvgIpc) is 2.61. The van der Waals surface area contributed by atoms with Gasteiger partial charge in [-0.25, -0.2) is 0 Å². The predicted molar refractivity (Wildman–Crippen MR) is 92.2 cm³/mol. The molecule has 0 aromatic heterocycles. The van der Waals surface area contributed by atoms with Crippen LogP contribution in [-0.4, -0.2) is 25.2 Å². The first-order valence-electron chi connectivity index (χ1n) is 7.78. The third-order valence-corrected chi connectivity index (χ3v) is 3.82. The number of anilines is 1. The van der Waals surface area contributed by atoms with Crippen LogP contribution in [0.15, 0.2) is 42.5 Å². The van der Waals surface area contributed by atoms with E-state index in [9.17, 15) is 4.79 Å². The SMILES string of the molecule is CC[C@@H](Oc1ccc(Cl)cc1)C(=O)Nc1ccc2c(c1)OCCO2. The van der Waals surface area contributed by atoms with Gasteiger partial charge in [-0.05, 0) is 42.8 Å². The van der Waals surface area contributed by atoms with Gasteiger partial charge in [-0.3, -0.25) is 4.79 Å². The molecule has 0 saturated heterocycles. The highest BCUT2D eigenvalue weighted by molar-refractivity contribution is 6.30. The Labute approximate surface area is 145 Å². The van der Waals surface area contributed by atoms with Gasteiger partial charge in [0.15, 0.2) is 17.6 Å². The molecule has 1 amide bonds. The summed E-state index contributed by atoms with van der Waals surface area (Å²) in [4.78, 5) is 12.4. The lowest BCUT2D eigenvalue weighted by Crippen LogP contribution is -2.32. The normalized spacial score (nSPS) is 13.9. The number of fused-ring (bicyclic) bond motifs is 1. The molecule has 0 saturated carbocycles. The van der Waals surface area contributed by atoms with E-state index in [1.165, 1.54) is 0 Å². The summed E-state index contributed by atoms with van der Waals surface area (Å²) in [7, 11) is 0. The summed E-state index contributed by atoms with van der Waals surface area (Å²) >= 11 is 5.85. The third-order valence-electron chi connectivity index (χ3n) is 3.56. The van der Waals surface area contributed by atoms with Gasteiger partial charge >= 0.3 is 0 Å². The summed E-state index contributed by atoms with van der Waals surface area (Å²) in [6.45, 7) is 2.93. The van der Waals surface area contributed by atoms with E-state index in [-0.39, 0.29) is 5.91 Å². The minimum absolute atomic E-state index is 0.218. The van der Waals surface area contributed by atoms with Gasteiger partial charge in [0.1, 0.15) is 19.0 Å². The van der Waals surface area contributed by atoms with Crippen LogP contribution in [0.5, 0.6) is 17.2 Å². The monoisotopic (exact) mass is 347 g/mol. The second-order valence-corrected chi connectivity index (χ2v) is 5.75. The van der Waals surface area contributed by atoms with Gasteiger partial charge in [0, 0.05) is 16.8 Å². The summed E-state index contributed by atoms with van der Waals surface area (Å²) in [5.41, 5.74) is 0.641. The van der Waals surface area contributed by atoms with Gasteiger partial charge in [-0.2, -0.15) is 0 Å². The Morgan fingerprint density at radius 2 is 1.88 bits per heavy atom.